The molecule has 0 heterocycles. The average Bonchev–Trinajstić information content (AvgIpc) is 2.22. The largest absolute Gasteiger partial charge is 0.358 e. The molecule has 2 rings (SSSR count). The summed E-state index contributed by atoms with van der Waals surface area (Å²) in [5.41, 5.74) is 4.28. The molecule has 19 heavy (non-hydrogen) atoms. The summed E-state index contributed by atoms with van der Waals surface area (Å²) in [4.78, 5) is 0. The molecule has 0 spiro atoms. The van der Waals surface area contributed by atoms with E-state index in [0.717, 1.165) is 32.9 Å². The van der Waals surface area contributed by atoms with E-state index in [1.165, 1.54) is 0 Å². The molecule has 0 amide bonds. The average molecular weight is 393 g/mol. The normalized spacial score (nSPS) is 8.95. The molecule has 0 atom stereocenters. The van der Waals surface area contributed by atoms with Crippen LogP contribution >= 0.6 is 0 Å². The molecule has 0 aliphatic carbocycles. The monoisotopic (exact) mass is 393 g/mol. The van der Waals surface area contributed by atoms with Gasteiger partial charge < -0.3 is 7.43 Å². The van der Waals surface area contributed by atoms with E-state index in [2.05, 4.69) is 6.07 Å². The molecule has 0 saturated heterocycles. The van der Waals surface area contributed by atoms with E-state index in [-0.39, 0.29) is 72.8 Å². The molecule has 0 unspecified atom stereocenters. The maximum atomic E-state index is 5.95. The Hall–Kier alpha value is 0.778. The van der Waals surface area contributed by atoms with Crippen molar-refractivity contribution in [1.82, 2.24) is 0 Å². The molecule has 0 saturated carbocycles. The van der Waals surface area contributed by atoms with E-state index < -0.39 is 0 Å². The van der Waals surface area contributed by atoms with Crippen LogP contribution in [0.5, 0.6) is 0 Å². The van der Waals surface area contributed by atoms with Crippen LogP contribution in [0.25, 0.3) is 16.8 Å². The Bertz CT molecular complexity index is 592. The van der Waals surface area contributed by atoms with Gasteiger partial charge >= 0.3 is 0 Å². The minimum absolute atomic E-state index is 0. The summed E-state index contributed by atoms with van der Waals surface area (Å²) < 4.78 is 0. The number of rotatable bonds is 1. The Morgan fingerprint density at radius 1 is 1.11 bits per heavy atom. The second kappa shape index (κ2) is 8.93. The van der Waals surface area contributed by atoms with Crippen LogP contribution in [0.3, 0.4) is 0 Å². The molecule has 2 aromatic carbocycles. The molecule has 0 bridgehead atoms. The summed E-state index contributed by atoms with van der Waals surface area (Å²) in [6.45, 7) is 9.57. The van der Waals surface area contributed by atoms with Crippen LogP contribution in [0.15, 0.2) is 12.1 Å². The molecule has 0 N–H and O–H groups in total. The van der Waals surface area contributed by atoms with Crippen molar-refractivity contribution in [1.29, 1.82) is 0 Å². The number of hydrogen-bond acceptors (Lipinski definition) is 0. The maximum absolute atomic E-state index is 5.95. The van der Waals surface area contributed by atoms with E-state index in [9.17, 15) is 0 Å². The van der Waals surface area contributed by atoms with Gasteiger partial charge in [-0.3, -0.25) is 6.58 Å². The first-order chi connectivity index (χ1) is 7.54. The van der Waals surface area contributed by atoms with Crippen LogP contribution in [0.1, 0.15) is 16.7 Å². The predicted octanol–water partition coefficient (Wildman–Crippen LogP) is 1.74. The molecule has 0 nitrogen and oxygen atoms in total. The van der Waals surface area contributed by atoms with Crippen LogP contribution in [-0.4, -0.2) is 15.7 Å². The van der Waals surface area contributed by atoms with Crippen molar-refractivity contribution in [2.75, 3.05) is 0 Å². The first kappa shape index (κ1) is 22.1. The van der Waals surface area contributed by atoms with Crippen molar-refractivity contribution < 1.29 is 65.4 Å². The Labute approximate surface area is 169 Å². The molecule has 4 heteroatoms. The Kier molecular flexibility index (Phi) is 10.4. The zero-order valence-corrected chi connectivity index (χ0v) is 17.3. The van der Waals surface area contributed by atoms with Gasteiger partial charge in [0.1, 0.15) is 7.85 Å². The maximum Gasteiger partial charge on any atom is 0.110 e. The van der Waals surface area contributed by atoms with Crippen molar-refractivity contribution in [2.45, 2.75) is 13.8 Å². The summed E-state index contributed by atoms with van der Waals surface area (Å²) in [6, 6.07) is 6.91. The number of hydrogen-bond donors (Lipinski definition) is 0. The van der Waals surface area contributed by atoms with Gasteiger partial charge in [-0.15, -0.1) is 22.5 Å². The number of aryl methyl sites for hydroxylation is 1. The van der Waals surface area contributed by atoms with Gasteiger partial charge in [-0.2, -0.15) is 23.3 Å². The third kappa shape index (κ3) is 4.37. The summed E-state index contributed by atoms with van der Waals surface area (Å²) in [5, 5.41) is 2.08. The molecule has 0 aliphatic heterocycles. The van der Waals surface area contributed by atoms with Gasteiger partial charge in [0.25, 0.3) is 0 Å². The molecule has 6 radical (unpaired) electrons. The summed E-state index contributed by atoms with van der Waals surface area (Å²) in [6.07, 6.45) is 1.58. The minimum atomic E-state index is 0. The molecule has 0 fully saturated rings. The molecule has 0 aliphatic rings. The Morgan fingerprint density at radius 3 is 2.21 bits per heavy atom. The van der Waals surface area contributed by atoms with Gasteiger partial charge in [0, 0.05) is 65.4 Å². The van der Waals surface area contributed by atoms with E-state index in [1.54, 1.807) is 6.08 Å². The number of fused-ring (bicyclic) bond motifs is 1. The van der Waals surface area contributed by atoms with E-state index in [0.29, 0.717) is 5.46 Å². The minimum Gasteiger partial charge on any atom is -0.358 e. The van der Waals surface area contributed by atoms with Crippen molar-refractivity contribution >= 4 is 43.5 Å². The SMILES string of the molecule is [B]c1[c-]c(C)c2cc([B])c(C)c(C=[CH-])c2c1.[CH3-].[Y].[Y]. The quantitative estimate of drug-likeness (QED) is 0.512. The van der Waals surface area contributed by atoms with E-state index in [1.807, 2.05) is 26.0 Å². The summed E-state index contributed by atoms with van der Waals surface area (Å²) in [7, 11) is 11.7. The van der Waals surface area contributed by atoms with Crippen molar-refractivity contribution in [3.05, 3.63) is 48.9 Å². The van der Waals surface area contributed by atoms with Crippen LogP contribution < -0.4 is 10.9 Å². The fourth-order valence-corrected chi connectivity index (χ4v) is 2.00. The Balaban J connectivity index is 0. The van der Waals surface area contributed by atoms with Gasteiger partial charge in [-0.05, 0) is 0 Å². The van der Waals surface area contributed by atoms with E-state index in [4.69, 9.17) is 22.3 Å². The first-order valence-corrected chi connectivity index (χ1v) is 5.10. The van der Waals surface area contributed by atoms with Crippen molar-refractivity contribution in [3.8, 4) is 0 Å². The van der Waals surface area contributed by atoms with Gasteiger partial charge in [0.2, 0.25) is 0 Å². The third-order valence-electron chi connectivity index (χ3n) is 2.92. The van der Waals surface area contributed by atoms with Gasteiger partial charge in [-0.25, -0.2) is 16.9 Å². The van der Waals surface area contributed by atoms with Crippen molar-refractivity contribution in [3.63, 3.8) is 0 Å². The first-order valence-electron chi connectivity index (χ1n) is 5.10. The van der Waals surface area contributed by atoms with Crippen LogP contribution in [0.4, 0.5) is 0 Å². The van der Waals surface area contributed by atoms with E-state index >= 15 is 0 Å². The number of benzene rings is 2. The smallest absolute Gasteiger partial charge is 0.110 e. The zero-order valence-electron chi connectivity index (χ0n) is 11.6. The third-order valence-corrected chi connectivity index (χ3v) is 2.92. The molecule has 88 valence electrons. The zero-order chi connectivity index (χ0) is 11.9. The molecular formula is C15H13B2Y2-3. The summed E-state index contributed by atoms with van der Waals surface area (Å²) in [5.74, 6) is 0. The predicted molar refractivity (Wildman–Crippen MR) is 78.2 cm³/mol. The fraction of sp³-hybridized carbons (Fsp3) is 0.133. The Morgan fingerprint density at radius 2 is 1.68 bits per heavy atom. The van der Waals surface area contributed by atoms with Gasteiger partial charge in [-0.1, -0.05) is 13.8 Å². The summed E-state index contributed by atoms with van der Waals surface area (Å²) >= 11 is 0. The standard InChI is InChI=1S/C14H10B2.CH3.2Y/c1-4-11-9(3)14(16)7-12-8(2)5-10(15)6-13(11)12;;;/h1,4,6-7H,2-3H3;1H3;;/q-2;-1;;. The fourth-order valence-electron chi connectivity index (χ4n) is 2.00. The van der Waals surface area contributed by atoms with Crippen molar-refractivity contribution in [2.24, 2.45) is 0 Å². The molecule has 2 aromatic rings. The van der Waals surface area contributed by atoms with Crippen LogP contribution in [0.2, 0.25) is 0 Å². The second-order valence-electron chi connectivity index (χ2n) is 3.98. The van der Waals surface area contributed by atoms with Crippen LogP contribution in [0, 0.1) is 33.9 Å². The van der Waals surface area contributed by atoms with Gasteiger partial charge in [0.15, 0.2) is 0 Å². The second-order valence-corrected chi connectivity index (χ2v) is 3.98. The topological polar surface area (TPSA) is 0 Å². The molecular weight excluding hydrogens is 380 g/mol. The molecule has 0 aromatic heterocycles. The van der Waals surface area contributed by atoms with Gasteiger partial charge in [0.05, 0.1) is 7.85 Å². The van der Waals surface area contributed by atoms with Crippen LogP contribution in [-0.2, 0) is 65.4 Å².